The first-order valence-electron chi connectivity index (χ1n) is 7.28. The molecule has 1 aromatic rings. The molecule has 1 aliphatic rings. The molecule has 1 N–H and O–H groups in total. The van der Waals surface area contributed by atoms with E-state index in [2.05, 4.69) is 9.88 Å². The lowest BCUT2D eigenvalue weighted by Gasteiger charge is -2.31. The Labute approximate surface area is 123 Å². The Morgan fingerprint density at radius 3 is 2.81 bits per heavy atom. The molecule has 1 saturated heterocycles. The molecule has 0 saturated carbocycles. The topological polar surface area (TPSA) is 62.7 Å². The van der Waals surface area contributed by atoms with Gasteiger partial charge in [0.05, 0.1) is 25.5 Å². The minimum Gasteiger partial charge on any atom is -0.394 e. The van der Waals surface area contributed by atoms with Crippen LogP contribution in [0.1, 0.15) is 29.8 Å². The third-order valence-corrected chi connectivity index (χ3v) is 3.65. The number of Topliss-reactive ketones (excluding diaryl/α,β-unsaturated/α-hetero) is 1. The van der Waals surface area contributed by atoms with Crippen molar-refractivity contribution in [2.75, 3.05) is 32.8 Å². The lowest BCUT2D eigenvalue weighted by atomic mass is 10.1. The van der Waals surface area contributed by atoms with Gasteiger partial charge in [-0.15, -0.1) is 0 Å². The van der Waals surface area contributed by atoms with E-state index in [1.165, 1.54) is 12.1 Å². The van der Waals surface area contributed by atoms with Crippen molar-refractivity contribution < 1.29 is 19.0 Å². The van der Waals surface area contributed by atoms with Gasteiger partial charge in [0, 0.05) is 26.1 Å². The predicted molar refractivity (Wildman–Crippen MR) is 75.6 cm³/mol. The van der Waals surface area contributed by atoms with Crippen molar-refractivity contribution >= 4 is 5.78 Å². The summed E-state index contributed by atoms with van der Waals surface area (Å²) in [5.41, 5.74) is 0.317. The van der Waals surface area contributed by atoms with Gasteiger partial charge in [0.15, 0.2) is 5.78 Å². The maximum Gasteiger partial charge on any atom is 0.182 e. The van der Waals surface area contributed by atoms with Crippen molar-refractivity contribution in [1.29, 1.82) is 0 Å². The number of halogens is 1. The Morgan fingerprint density at radius 2 is 2.19 bits per heavy atom. The van der Waals surface area contributed by atoms with Gasteiger partial charge in [0.1, 0.15) is 11.5 Å². The van der Waals surface area contributed by atoms with Crippen LogP contribution >= 0.6 is 0 Å². The molecule has 0 atom stereocenters. The number of rotatable bonds is 7. The number of nitrogens with zero attached hydrogens (tertiary/aromatic N) is 2. The molecule has 2 heterocycles. The first kappa shape index (κ1) is 16.0. The maximum atomic E-state index is 12.7. The zero-order chi connectivity index (χ0) is 15.1. The van der Waals surface area contributed by atoms with Crippen LogP contribution in [0.4, 0.5) is 4.39 Å². The summed E-state index contributed by atoms with van der Waals surface area (Å²) in [6.45, 7) is 2.91. The van der Waals surface area contributed by atoms with Gasteiger partial charge >= 0.3 is 0 Å². The van der Waals surface area contributed by atoms with E-state index >= 15 is 0 Å². The third kappa shape index (κ3) is 5.15. The van der Waals surface area contributed by atoms with Gasteiger partial charge in [0.25, 0.3) is 0 Å². The molecular formula is C15H21FN2O3. The lowest BCUT2D eigenvalue weighted by Crippen LogP contribution is -2.38. The van der Waals surface area contributed by atoms with Crippen LogP contribution in [0.15, 0.2) is 18.3 Å². The van der Waals surface area contributed by atoms with Gasteiger partial charge in [-0.05, 0) is 25.0 Å². The smallest absolute Gasteiger partial charge is 0.182 e. The number of ketones is 1. The lowest BCUT2D eigenvalue weighted by molar-refractivity contribution is -0.00760. The molecule has 1 fully saturated rings. The summed E-state index contributed by atoms with van der Waals surface area (Å²) in [5, 5.41) is 8.72. The monoisotopic (exact) mass is 296 g/mol. The summed E-state index contributed by atoms with van der Waals surface area (Å²) >= 11 is 0. The zero-order valence-electron chi connectivity index (χ0n) is 12.0. The first-order chi connectivity index (χ1) is 10.2. The quantitative estimate of drug-likeness (QED) is 0.768. The van der Waals surface area contributed by atoms with Gasteiger partial charge in [-0.2, -0.15) is 0 Å². The molecule has 0 amide bonds. The van der Waals surface area contributed by atoms with Crippen molar-refractivity contribution in [2.45, 2.75) is 25.4 Å². The highest BCUT2D eigenvalue weighted by Gasteiger charge is 2.20. The molecule has 5 nitrogen and oxygen atoms in total. The molecule has 1 aromatic heterocycles. The average Bonchev–Trinajstić information content (AvgIpc) is 2.52. The number of aliphatic hydroxyl groups excluding tert-OH is 1. The number of pyridine rings is 1. The molecular weight excluding hydrogens is 275 g/mol. The second-order valence-electron chi connectivity index (χ2n) is 5.17. The third-order valence-electron chi connectivity index (χ3n) is 3.65. The number of piperidine rings is 1. The van der Waals surface area contributed by atoms with Crippen LogP contribution in [0, 0.1) is 5.82 Å². The van der Waals surface area contributed by atoms with Crippen molar-refractivity contribution in [3.63, 3.8) is 0 Å². The summed E-state index contributed by atoms with van der Waals surface area (Å²) in [6, 6.07) is 2.68. The number of hydrogen-bond donors (Lipinski definition) is 1. The van der Waals surface area contributed by atoms with Crippen molar-refractivity contribution in [2.24, 2.45) is 0 Å². The minimum absolute atomic E-state index is 0.0549. The number of likely N-dealkylation sites (tertiary alicyclic amines) is 1. The van der Waals surface area contributed by atoms with Crippen LogP contribution in [0.3, 0.4) is 0 Å². The maximum absolute atomic E-state index is 12.7. The van der Waals surface area contributed by atoms with E-state index in [9.17, 15) is 9.18 Å². The molecule has 0 bridgehead atoms. The van der Waals surface area contributed by atoms with E-state index < -0.39 is 5.82 Å². The standard InChI is InChI=1S/C15H21FN2O3/c16-12-1-2-14(17-11-12)15(20)5-8-18-6-3-13(4-7-18)21-10-9-19/h1-2,11,13,19H,3-10H2. The Bertz CT molecular complexity index is 445. The van der Waals surface area contributed by atoms with Gasteiger partial charge in [-0.1, -0.05) is 0 Å². The van der Waals surface area contributed by atoms with Crippen molar-refractivity contribution in [3.05, 3.63) is 29.8 Å². The Morgan fingerprint density at radius 1 is 1.43 bits per heavy atom. The fourth-order valence-electron chi connectivity index (χ4n) is 2.45. The summed E-state index contributed by atoms with van der Waals surface area (Å²) < 4.78 is 18.2. The van der Waals surface area contributed by atoms with Crippen LogP contribution in [-0.4, -0.2) is 59.7 Å². The average molecular weight is 296 g/mol. The molecule has 21 heavy (non-hydrogen) atoms. The molecule has 1 aliphatic heterocycles. The van der Waals surface area contributed by atoms with E-state index in [4.69, 9.17) is 9.84 Å². The minimum atomic E-state index is -0.434. The van der Waals surface area contributed by atoms with E-state index in [0.717, 1.165) is 32.1 Å². The Kier molecular flexibility index (Phi) is 6.22. The highest BCUT2D eigenvalue weighted by molar-refractivity contribution is 5.94. The fraction of sp³-hybridized carbons (Fsp3) is 0.600. The van der Waals surface area contributed by atoms with Crippen LogP contribution < -0.4 is 0 Å². The van der Waals surface area contributed by atoms with Gasteiger partial charge < -0.3 is 14.7 Å². The van der Waals surface area contributed by atoms with Crippen molar-refractivity contribution in [3.8, 4) is 0 Å². The molecule has 6 heteroatoms. The van der Waals surface area contributed by atoms with Gasteiger partial charge in [-0.3, -0.25) is 9.78 Å². The van der Waals surface area contributed by atoms with E-state index in [1.54, 1.807) is 0 Å². The van der Waals surface area contributed by atoms with E-state index in [1.807, 2.05) is 0 Å². The summed E-state index contributed by atoms with van der Waals surface area (Å²) in [5.74, 6) is -0.495. The number of aromatic nitrogens is 1. The number of carbonyl (C=O) groups excluding carboxylic acids is 1. The number of carbonyl (C=O) groups is 1. The predicted octanol–water partition coefficient (Wildman–Crippen LogP) is 1.27. The zero-order valence-corrected chi connectivity index (χ0v) is 12.0. The first-order valence-corrected chi connectivity index (χ1v) is 7.28. The second kappa shape index (κ2) is 8.17. The summed E-state index contributed by atoms with van der Waals surface area (Å²) in [4.78, 5) is 18.0. The van der Waals surface area contributed by atoms with E-state index in [0.29, 0.717) is 25.3 Å². The largest absolute Gasteiger partial charge is 0.394 e. The molecule has 2 rings (SSSR count). The van der Waals surface area contributed by atoms with Crippen LogP contribution in [0.5, 0.6) is 0 Å². The highest BCUT2D eigenvalue weighted by Crippen LogP contribution is 2.14. The fourth-order valence-corrected chi connectivity index (χ4v) is 2.45. The molecule has 0 aliphatic carbocycles. The van der Waals surface area contributed by atoms with E-state index in [-0.39, 0.29) is 18.5 Å². The highest BCUT2D eigenvalue weighted by atomic mass is 19.1. The molecule has 0 radical (unpaired) electrons. The Balaban J connectivity index is 1.69. The van der Waals surface area contributed by atoms with Crippen LogP contribution in [-0.2, 0) is 4.74 Å². The van der Waals surface area contributed by atoms with Crippen LogP contribution in [0.25, 0.3) is 0 Å². The Hall–Kier alpha value is -1.37. The molecule has 0 aromatic carbocycles. The molecule has 116 valence electrons. The molecule has 0 spiro atoms. The van der Waals surface area contributed by atoms with Gasteiger partial charge in [-0.25, -0.2) is 4.39 Å². The SMILES string of the molecule is O=C(CCN1CCC(OCCO)CC1)c1ccc(F)cn1. The number of hydrogen-bond acceptors (Lipinski definition) is 5. The van der Waals surface area contributed by atoms with Gasteiger partial charge in [0.2, 0.25) is 0 Å². The summed E-state index contributed by atoms with van der Waals surface area (Å²) in [6.07, 6.45) is 3.51. The molecule has 0 unspecified atom stereocenters. The second-order valence-corrected chi connectivity index (χ2v) is 5.17. The summed E-state index contributed by atoms with van der Waals surface area (Å²) in [7, 11) is 0. The normalized spacial score (nSPS) is 17.0. The number of aliphatic hydroxyl groups is 1. The van der Waals surface area contributed by atoms with Crippen LogP contribution in [0.2, 0.25) is 0 Å². The number of ether oxygens (including phenoxy) is 1. The van der Waals surface area contributed by atoms with Crippen molar-refractivity contribution in [1.82, 2.24) is 9.88 Å².